The van der Waals surface area contributed by atoms with Gasteiger partial charge in [-0.3, -0.25) is 4.79 Å². The molecule has 1 aliphatic carbocycles. The molecule has 0 saturated heterocycles. The van der Waals surface area contributed by atoms with Crippen LogP contribution >= 0.6 is 0 Å². The van der Waals surface area contributed by atoms with Crippen LogP contribution in [0.1, 0.15) is 83.3 Å². The van der Waals surface area contributed by atoms with Crippen molar-refractivity contribution >= 4 is 17.7 Å². The topological polar surface area (TPSA) is 65.4 Å². The van der Waals surface area contributed by atoms with Crippen LogP contribution in [0.15, 0.2) is 17.7 Å². The number of carbonyl (C=O) groups excluding carboxylic acids is 1. The van der Waals surface area contributed by atoms with Gasteiger partial charge >= 0.3 is 0 Å². The first-order valence-corrected chi connectivity index (χ1v) is 11.2. The molecule has 1 atom stereocenters. The summed E-state index contributed by atoms with van der Waals surface area (Å²) in [5.74, 6) is 0.793. The van der Waals surface area contributed by atoms with Crippen molar-refractivity contribution in [3.05, 3.63) is 28.8 Å². The number of hydrogen-bond acceptors (Lipinski definition) is 4. The number of nitriles is 1. The van der Waals surface area contributed by atoms with Crippen LogP contribution in [0.4, 0.5) is 5.69 Å². The van der Waals surface area contributed by atoms with E-state index in [2.05, 4.69) is 56.1 Å². The number of rotatable bonds is 5. The lowest BCUT2D eigenvalue weighted by Gasteiger charge is -2.47. The van der Waals surface area contributed by atoms with Gasteiger partial charge in [-0.25, -0.2) is 0 Å². The molecule has 1 aromatic carbocycles. The third-order valence-corrected chi connectivity index (χ3v) is 6.66. The molecular weight excluding hydrogens is 374 g/mol. The van der Waals surface area contributed by atoms with Gasteiger partial charge in [0.2, 0.25) is 0 Å². The predicted octanol–water partition coefficient (Wildman–Crippen LogP) is 5.16. The van der Waals surface area contributed by atoms with Crippen LogP contribution in [0.3, 0.4) is 0 Å². The van der Waals surface area contributed by atoms with Crippen molar-refractivity contribution in [1.29, 1.82) is 5.26 Å². The summed E-state index contributed by atoms with van der Waals surface area (Å²) in [6.45, 7) is 9.89. The summed E-state index contributed by atoms with van der Waals surface area (Å²) in [5, 5.41) is 12.7. The summed E-state index contributed by atoms with van der Waals surface area (Å²) in [6.07, 6.45) is 8.22. The minimum Gasteiger partial charge on any atom is -0.496 e. The van der Waals surface area contributed by atoms with Crippen molar-refractivity contribution in [2.75, 3.05) is 18.6 Å². The number of ether oxygens (including phenoxy) is 1. The van der Waals surface area contributed by atoms with Crippen LogP contribution in [-0.4, -0.2) is 31.1 Å². The molecule has 2 aliphatic rings. The summed E-state index contributed by atoms with van der Waals surface area (Å²) < 4.78 is 5.67. The van der Waals surface area contributed by atoms with Crippen molar-refractivity contribution in [3.8, 4) is 11.8 Å². The average Bonchev–Trinajstić information content (AvgIpc) is 2.72. The Kier molecular flexibility index (Phi) is 6.75. The highest BCUT2D eigenvalue weighted by Crippen LogP contribution is 2.45. The molecule has 0 radical (unpaired) electrons. The number of anilines is 1. The maximum atomic E-state index is 12.7. The second-order valence-electron chi connectivity index (χ2n) is 9.29. The fraction of sp³-hybridized carbons (Fsp3) is 0.600. The van der Waals surface area contributed by atoms with Crippen molar-refractivity contribution in [2.45, 2.75) is 83.7 Å². The minimum atomic E-state index is -0.284. The smallest absolute Gasteiger partial charge is 0.262 e. The van der Waals surface area contributed by atoms with Crippen LogP contribution in [0.2, 0.25) is 0 Å². The number of nitrogens with one attached hydrogen (secondary N) is 1. The Morgan fingerprint density at radius 3 is 2.63 bits per heavy atom. The second kappa shape index (κ2) is 9.12. The van der Waals surface area contributed by atoms with Gasteiger partial charge in [0.05, 0.1) is 7.11 Å². The first kappa shape index (κ1) is 22.2. The molecule has 1 aliphatic heterocycles. The second-order valence-corrected chi connectivity index (χ2v) is 9.29. The number of carbonyl (C=O) groups is 1. The molecule has 1 aromatic rings. The van der Waals surface area contributed by atoms with Gasteiger partial charge in [0.25, 0.3) is 5.91 Å². The third kappa shape index (κ3) is 4.48. The van der Waals surface area contributed by atoms with E-state index in [1.54, 1.807) is 13.2 Å². The standard InChI is InChI=1S/C25H35N3O2/c1-6-28-22-14-23(30-5)18(13-21(22)17(2)15-25(28,3)4)12-19(16-26)24(29)27-20-10-8-7-9-11-20/h12-14,17,20H,6-11,15H2,1-5H3,(H,27,29)/b19-12+. The van der Waals surface area contributed by atoms with E-state index in [1.165, 1.54) is 17.7 Å². The molecule has 1 unspecified atom stereocenters. The number of amides is 1. The summed E-state index contributed by atoms with van der Waals surface area (Å²) in [7, 11) is 1.64. The Hall–Kier alpha value is -2.48. The Balaban J connectivity index is 1.96. The molecule has 5 nitrogen and oxygen atoms in total. The van der Waals surface area contributed by atoms with E-state index in [9.17, 15) is 10.1 Å². The van der Waals surface area contributed by atoms with E-state index >= 15 is 0 Å². The van der Waals surface area contributed by atoms with E-state index < -0.39 is 0 Å². The zero-order valence-electron chi connectivity index (χ0n) is 19.0. The van der Waals surface area contributed by atoms with Gasteiger partial charge in [-0.05, 0) is 63.7 Å². The van der Waals surface area contributed by atoms with Gasteiger partial charge in [-0.1, -0.05) is 26.2 Å². The largest absolute Gasteiger partial charge is 0.496 e. The Morgan fingerprint density at radius 1 is 1.33 bits per heavy atom. The van der Waals surface area contributed by atoms with Crippen molar-refractivity contribution in [2.24, 2.45) is 0 Å². The molecule has 162 valence electrons. The van der Waals surface area contributed by atoms with Crippen LogP contribution in [0.25, 0.3) is 6.08 Å². The molecule has 0 spiro atoms. The summed E-state index contributed by atoms with van der Waals surface area (Å²) >= 11 is 0. The van der Waals surface area contributed by atoms with Gasteiger partial charge in [-0.15, -0.1) is 0 Å². The average molecular weight is 410 g/mol. The fourth-order valence-corrected chi connectivity index (χ4v) is 5.23. The number of hydrogen-bond donors (Lipinski definition) is 1. The van der Waals surface area contributed by atoms with E-state index in [1.807, 2.05) is 0 Å². The summed E-state index contributed by atoms with van der Waals surface area (Å²) in [4.78, 5) is 15.1. The fourth-order valence-electron chi connectivity index (χ4n) is 5.23. The number of benzene rings is 1. The van der Waals surface area contributed by atoms with Crippen LogP contribution in [0, 0.1) is 11.3 Å². The zero-order valence-corrected chi connectivity index (χ0v) is 19.0. The van der Waals surface area contributed by atoms with Crippen molar-refractivity contribution in [1.82, 2.24) is 5.32 Å². The Labute approximate surface area is 181 Å². The molecule has 1 amide bonds. The van der Waals surface area contributed by atoms with E-state index in [-0.39, 0.29) is 23.1 Å². The maximum Gasteiger partial charge on any atom is 0.262 e. The van der Waals surface area contributed by atoms with Gasteiger partial charge in [-0.2, -0.15) is 5.26 Å². The third-order valence-electron chi connectivity index (χ3n) is 6.66. The summed E-state index contributed by atoms with van der Waals surface area (Å²) in [6, 6.07) is 6.44. The SMILES string of the molecule is CCN1c2cc(OC)c(/C=C(\C#N)C(=O)NC3CCCCC3)cc2C(C)CC1(C)C. The van der Waals surface area contributed by atoms with Gasteiger partial charge in [0, 0.05) is 35.4 Å². The molecule has 1 N–H and O–H groups in total. The van der Waals surface area contributed by atoms with E-state index in [0.717, 1.165) is 44.2 Å². The molecular formula is C25H35N3O2. The molecule has 1 fully saturated rings. The van der Waals surface area contributed by atoms with Crippen LogP contribution in [-0.2, 0) is 4.79 Å². The predicted molar refractivity (Wildman–Crippen MR) is 122 cm³/mol. The van der Waals surface area contributed by atoms with Gasteiger partial charge < -0.3 is 15.0 Å². The first-order chi connectivity index (χ1) is 14.3. The van der Waals surface area contributed by atoms with Gasteiger partial charge in [0.1, 0.15) is 17.4 Å². The number of nitrogens with zero attached hydrogens (tertiary/aromatic N) is 2. The normalized spacial score (nSPS) is 21.5. The molecule has 5 heteroatoms. The molecule has 1 heterocycles. The minimum absolute atomic E-state index is 0.0707. The Bertz CT molecular complexity index is 860. The molecule has 30 heavy (non-hydrogen) atoms. The quantitative estimate of drug-likeness (QED) is 0.539. The zero-order chi connectivity index (χ0) is 21.9. The van der Waals surface area contributed by atoms with E-state index in [4.69, 9.17) is 4.74 Å². The summed E-state index contributed by atoms with van der Waals surface area (Å²) in [5.41, 5.74) is 3.42. The number of methoxy groups -OCH3 is 1. The molecule has 1 saturated carbocycles. The highest BCUT2D eigenvalue weighted by Gasteiger charge is 2.36. The van der Waals surface area contributed by atoms with Crippen molar-refractivity contribution < 1.29 is 9.53 Å². The molecule has 0 aromatic heterocycles. The lowest BCUT2D eigenvalue weighted by atomic mass is 9.79. The Morgan fingerprint density at radius 2 is 2.03 bits per heavy atom. The van der Waals surface area contributed by atoms with Crippen LogP contribution in [0.5, 0.6) is 5.75 Å². The molecule has 3 rings (SSSR count). The lowest BCUT2D eigenvalue weighted by Crippen LogP contribution is -2.48. The van der Waals surface area contributed by atoms with Crippen molar-refractivity contribution in [3.63, 3.8) is 0 Å². The number of fused-ring (bicyclic) bond motifs is 1. The first-order valence-electron chi connectivity index (χ1n) is 11.2. The van der Waals surface area contributed by atoms with E-state index in [0.29, 0.717) is 11.7 Å². The highest BCUT2D eigenvalue weighted by atomic mass is 16.5. The van der Waals surface area contributed by atoms with Gasteiger partial charge in [0.15, 0.2) is 0 Å². The highest BCUT2D eigenvalue weighted by molar-refractivity contribution is 6.02. The van der Waals surface area contributed by atoms with Crippen LogP contribution < -0.4 is 15.0 Å². The maximum absolute atomic E-state index is 12.7. The lowest BCUT2D eigenvalue weighted by molar-refractivity contribution is -0.117. The molecule has 0 bridgehead atoms. The monoisotopic (exact) mass is 409 g/mol.